The second kappa shape index (κ2) is 5.22. The van der Waals surface area contributed by atoms with E-state index in [9.17, 15) is 0 Å². The molecule has 0 unspecified atom stereocenters. The molecule has 0 saturated heterocycles. The van der Waals surface area contributed by atoms with Crippen LogP contribution in [0.5, 0.6) is 0 Å². The van der Waals surface area contributed by atoms with Gasteiger partial charge in [-0.05, 0) is 42.5 Å². The fraction of sp³-hybridized carbons (Fsp3) is 0.125. The largest absolute Gasteiger partial charge is 0.383 e. The Morgan fingerprint density at radius 1 is 1.00 bits per heavy atom. The highest BCUT2D eigenvalue weighted by Gasteiger charge is 2.08. The van der Waals surface area contributed by atoms with E-state index in [2.05, 4.69) is 9.97 Å². The van der Waals surface area contributed by atoms with E-state index in [1.165, 1.54) is 0 Å². The molecule has 0 aliphatic rings. The highest BCUT2D eigenvalue weighted by Crippen LogP contribution is 2.26. The molecule has 3 rings (SSSR count). The maximum Gasteiger partial charge on any atom is 0.162 e. The molecule has 0 bridgehead atoms. The molecular weight excluding hydrogens is 284 g/mol. The lowest BCUT2D eigenvalue weighted by atomic mass is 10.1. The van der Waals surface area contributed by atoms with Crippen LogP contribution in [0.15, 0.2) is 42.5 Å². The van der Waals surface area contributed by atoms with Crippen LogP contribution in [0.2, 0.25) is 5.02 Å². The maximum atomic E-state index is 6.02. The SMILES string of the molecule is CN(C)c1ccc(-c2nc(N)c3cc(Cl)ccc3n2)cc1. The molecule has 0 spiro atoms. The van der Waals surface area contributed by atoms with Gasteiger partial charge in [0.2, 0.25) is 0 Å². The zero-order valence-electron chi connectivity index (χ0n) is 11.8. The van der Waals surface area contributed by atoms with Crippen LogP contribution in [0, 0.1) is 0 Å². The number of fused-ring (bicyclic) bond motifs is 1. The van der Waals surface area contributed by atoms with Gasteiger partial charge in [0.15, 0.2) is 5.82 Å². The Morgan fingerprint density at radius 2 is 1.71 bits per heavy atom. The highest BCUT2D eigenvalue weighted by molar-refractivity contribution is 6.31. The van der Waals surface area contributed by atoms with Crippen molar-refractivity contribution in [3.05, 3.63) is 47.5 Å². The van der Waals surface area contributed by atoms with Crippen molar-refractivity contribution in [2.45, 2.75) is 0 Å². The Kier molecular flexibility index (Phi) is 3.39. The lowest BCUT2D eigenvalue weighted by Crippen LogP contribution is -2.08. The maximum absolute atomic E-state index is 6.02. The summed E-state index contributed by atoms with van der Waals surface area (Å²) in [5.41, 5.74) is 8.87. The summed E-state index contributed by atoms with van der Waals surface area (Å²) < 4.78 is 0. The van der Waals surface area contributed by atoms with Gasteiger partial charge in [0.1, 0.15) is 5.82 Å². The molecule has 1 heterocycles. The third-order valence-electron chi connectivity index (χ3n) is 3.33. The Hall–Kier alpha value is -2.33. The summed E-state index contributed by atoms with van der Waals surface area (Å²) in [6.45, 7) is 0. The molecule has 3 aromatic rings. The number of hydrogen-bond donors (Lipinski definition) is 1. The van der Waals surface area contributed by atoms with Gasteiger partial charge in [0.25, 0.3) is 0 Å². The first-order chi connectivity index (χ1) is 10.0. The third kappa shape index (κ3) is 2.62. The van der Waals surface area contributed by atoms with Gasteiger partial charge in [0.05, 0.1) is 5.52 Å². The van der Waals surface area contributed by atoms with Gasteiger partial charge in [-0.1, -0.05) is 11.6 Å². The van der Waals surface area contributed by atoms with Crippen LogP contribution < -0.4 is 10.6 Å². The second-order valence-corrected chi connectivity index (χ2v) is 5.47. The van der Waals surface area contributed by atoms with Crippen LogP contribution >= 0.6 is 11.6 Å². The third-order valence-corrected chi connectivity index (χ3v) is 3.56. The minimum atomic E-state index is 0.439. The molecule has 2 aromatic carbocycles. The summed E-state index contributed by atoms with van der Waals surface area (Å²) in [7, 11) is 4.01. The molecule has 0 atom stereocenters. The summed E-state index contributed by atoms with van der Waals surface area (Å²) in [5, 5.41) is 1.40. The predicted molar refractivity (Wildman–Crippen MR) is 88.7 cm³/mol. The van der Waals surface area contributed by atoms with Crippen LogP contribution in [-0.4, -0.2) is 24.1 Å². The number of aromatic nitrogens is 2. The standard InChI is InChI=1S/C16H15ClN4/c1-21(2)12-6-3-10(4-7-12)16-19-14-8-5-11(17)9-13(14)15(18)20-16/h3-9H,1-2H3,(H2,18,19,20). The Morgan fingerprint density at radius 3 is 2.38 bits per heavy atom. The summed E-state index contributed by atoms with van der Waals surface area (Å²) in [6.07, 6.45) is 0. The van der Waals surface area contributed by atoms with Crippen LogP contribution in [0.25, 0.3) is 22.3 Å². The number of anilines is 2. The van der Waals surface area contributed by atoms with Gasteiger partial charge in [-0.3, -0.25) is 0 Å². The number of benzene rings is 2. The van der Waals surface area contributed by atoms with Gasteiger partial charge in [-0.25, -0.2) is 9.97 Å². The van der Waals surface area contributed by atoms with E-state index in [-0.39, 0.29) is 0 Å². The Labute approximate surface area is 128 Å². The van der Waals surface area contributed by atoms with Gasteiger partial charge in [-0.15, -0.1) is 0 Å². The van der Waals surface area contributed by atoms with Gasteiger partial charge in [-0.2, -0.15) is 0 Å². The summed E-state index contributed by atoms with van der Waals surface area (Å²) >= 11 is 5.98. The molecule has 0 saturated carbocycles. The summed E-state index contributed by atoms with van der Waals surface area (Å²) in [5.74, 6) is 1.06. The molecule has 0 fully saturated rings. The van der Waals surface area contributed by atoms with Gasteiger partial charge < -0.3 is 10.6 Å². The molecule has 0 amide bonds. The molecular formula is C16H15ClN4. The molecule has 21 heavy (non-hydrogen) atoms. The Bertz CT molecular complexity index is 797. The fourth-order valence-electron chi connectivity index (χ4n) is 2.16. The molecule has 5 heteroatoms. The molecule has 2 N–H and O–H groups in total. The molecule has 0 aliphatic carbocycles. The summed E-state index contributed by atoms with van der Waals surface area (Å²) in [4.78, 5) is 11.0. The van der Waals surface area contributed by atoms with Crippen LogP contribution in [-0.2, 0) is 0 Å². The lowest BCUT2D eigenvalue weighted by Gasteiger charge is -2.12. The monoisotopic (exact) mass is 298 g/mol. The zero-order valence-corrected chi connectivity index (χ0v) is 12.6. The molecule has 1 aromatic heterocycles. The van der Waals surface area contributed by atoms with Crippen molar-refractivity contribution in [2.75, 3.05) is 24.7 Å². The quantitative estimate of drug-likeness (QED) is 0.785. The molecule has 0 aliphatic heterocycles. The van der Waals surface area contributed by atoms with Crippen molar-refractivity contribution in [1.29, 1.82) is 0 Å². The van der Waals surface area contributed by atoms with E-state index in [0.29, 0.717) is 16.7 Å². The first kappa shape index (κ1) is 13.6. The molecule has 106 valence electrons. The minimum Gasteiger partial charge on any atom is -0.383 e. The van der Waals surface area contributed by atoms with Crippen molar-refractivity contribution in [3.63, 3.8) is 0 Å². The topological polar surface area (TPSA) is 55.0 Å². The number of halogens is 1. The van der Waals surface area contributed by atoms with E-state index in [0.717, 1.165) is 22.2 Å². The average molecular weight is 299 g/mol. The van der Waals surface area contributed by atoms with Crippen molar-refractivity contribution in [3.8, 4) is 11.4 Å². The smallest absolute Gasteiger partial charge is 0.162 e. The van der Waals surface area contributed by atoms with Crippen molar-refractivity contribution in [1.82, 2.24) is 9.97 Å². The van der Waals surface area contributed by atoms with Crippen LogP contribution in [0.3, 0.4) is 0 Å². The van der Waals surface area contributed by atoms with Crippen LogP contribution in [0.1, 0.15) is 0 Å². The zero-order chi connectivity index (χ0) is 15.0. The van der Waals surface area contributed by atoms with Crippen LogP contribution in [0.4, 0.5) is 11.5 Å². The minimum absolute atomic E-state index is 0.439. The van der Waals surface area contributed by atoms with E-state index in [1.54, 1.807) is 12.1 Å². The van der Waals surface area contributed by atoms with E-state index >= 15 is 0 Å². The first-order valence-corrected chi connectivity index (χ1v) is 6.93. The molecule has 0 radical (unpaired) electrons. The Balaban J connectivity index is 2.10. The lowest BCUT2D eigenvalue weighted by molar-refractivity contribution is 1.13. The average Bonchev–Trinajstić information content (AvgIpc) is 2.48. The van der Waals surface area contributed by atoms with Crippen molar-refractivity contribution < 1.29 is 0 Å². The van der Waals surface area contributed by atoms with Crippen molar-refractivity contribution >= 4 is 34.0 Å². The second-order valence-electron chi connectivity index (χ2n) is 5.04. The number of nitrogens with two attached hydrogens (primary N) is 1. The summed E-state index contributed by atoms with van der Waals surface area (Å²) in [6, 6.07) is 13.5. The fourth-order valence-corrected chi connectivity index (χ4v) is 2.33. The van der Waals surface area contributed by atoms with Gasteiger partial charge >= 0.3 is 0 Å². The van der Waals surface area contributed by atoms with E-state index in [1.807, 2.05) is 49.3 Å². The van der Waals surface area contributed by atoms with Crippen molar-refractivity contribution in [2.24, 2.45) is 0 Å². The molecule has 4 nitrogen and oxygen atoms in total. The van der Waals surface area contributed by atoms with E-state index in [4.69, 9.17) is 17.3 Å². The van der Waals surface area contributed by atoms with E-state index < -0.39 is 0 Å². The number of nitrogen functional groups attached to an aromatic ring is 1. The predicted octanol–water partition coefficient (Wildman–Crippen LogP) is 3.60. The first-order valence-electron chi connectivity index (χ1n) is 6.55. The van der Waals surface area contributed by atoms with Gasteiger partial charge in [0, 0.05) is 35.8 Å². The number of hydrogen-bond acceptors (Lipinski definition) is 4. The number of rotatable bonds is 2. The normalized spacial score (nSPS) is 10.8. The number of nitrogens with zero attached hydrogens (tertiary/aromatic N) is 3. The highest BCUT2D eigenvalue weighted by atomic mass is 35.5.